The number of nitrogens with zero attached hydrogens (tertiary/aromatic N) is 4. The highest BCUT2D eigenvalue weighted by atomic mass is 19.3. The van der Waals surface area contributed by atoms with Gasteiger partial charge in [-0.25, -0.2) is 23.4 Å². The second-order valence-electron chi connectivity index (χ2n) is 20.5. The van der Waals surface area contributed by atoms with Gasteiger partial charge in [-0.15, -0.1) is 0 Å². The third-order valence-corrected chi connectivity index (χ3v) is 12.5. The van der Waals surface area contributed by atoms with Crippen molar-refractivity contribution in [1.29, 1.82) is 0 Å². The highest BCUT2D eigenvalue weighted by Gasteiger charge is 2.39. The molecule has 0 bridgehead atoms. The number of hydrogen-bond acceptors (Lipinski definition) is 12. The van der Waals surface area contributed by atoms with Gasteiger partial charge in [0.05, 0.1) is 17.8 Å². The lowest BCUT2D eigenvalue weighted by atomic mass is 9.84. The molecule has 3 aromatic rings. The van der Waals surface area contributed by atoms with Crippen molar-refractivity contribution in [1.82, 2.24) is 40.6 Å². The van der Waals surface area contributed by atoms with Crippen molar-refractivity contribution < 1.29 is 76.0 Å². The topological polar surface area (TPSA) is 313 Å². The molecule has 0 saturated carbocycles. The Labute approximate surface area is 463 Å². The van der Waals surface area contributed by atoms with Gasteiger partial charge in [-0.05, 0) is 80.5 Å². The number of carbonyl (C=O) groups excluding carboxylic acids is 7. The molecule has 2 heterocycles. The molecule has 25 heteroatoms. The molecule has 1 aliphatic heterocycles. The van der Waals surface area contributed by atoms with Gasteiger partial charge < -0.3 is 51.8 Å². The largest absolute Gasteiger partial charge is 0.480 e. The SMILES string of the molecule is C.CC(F)(F)C(=O)O.CC(NC(=O)C(NC(=O)CCCCCN1C(=O)C=CC1=O)C(C)C)C(=O)NC(CCCCNC(=O)C(N)CCN(C(=O)CO)C(c1nc(-c2cc(F)ccc2F)cn1Cc1ccccc1)C(C)(C)C)C(=O)O. The number of unbranched alkanes of at least 4 members (excludes halogenated alkanes) is 3. The Kier molecular flexibility index (Phi) is 27.3. The third kappa shape index (κ3) is 21.6. The van der Waals surface area contributed by atoms with Crippen molar-refractivity contribution in [2.75, 3.05) is 26.2 Å². The first-order chi connectivity index (χ1) is 37.0. The quantitative estimate of drug-likeness (QED) is 0.0262. The second kappa shape index (κ2) is 31.9. The van der Waals surface area contributed by atoms with Gasteiger partial charge in [0.25, 0.3) is 11.8 Å². The van der Waals surface area contributed by atoms with E-state index in [0.717, 1.165) is 28.7 Å². The summed E-state index contributed by atoms with van der Waals surface area (Å²) in [4.78, 5) is 118. The zero-order valence-corrected chi connectivity index (χ0v) is 45.4. The number of carbonyl (C=O) groups is 9. The van der Waals surface area contributed by atoms with Crippen LogP contribution < -0.4 is 27.0 Å². The summed E-state index contributed by atoms with van der Waals surface area (Å²) >= 11 is 0. The fraction of sp³-hybridized carbons (Fsp3) is 0.527. The second-order valence-corrected chi connectivity index (χ2v) is 20.5. The van der Waals surface area contributed by atoms with Crippen LogP contribution in [0.15, 0.2) is 66.9 Å². The summed E-state index contributed by atoms with van der Waals surface area (Å²) in [5.41, 5.74) is 6.48. The number of aliphatic carboxylic acids is 2. The molecule has 5 atom stereocenters. The molecule has 7 amide bonds. The molecule has 0 saturated heterocycles. The molecular formula is C55H77F4N9O12. The minimum absolute atomic E-state index is 0. The van der Waals surface area contributed by atoms with E-state index in [0.29, 0.717) is 38.4 Å². The molecule has 1 aromatic heterocycles. The van der Waals surface area contributed by atoms with Gasteiger partial charge in [-0.1, -0.05) is 78.8 Å². The van der Waals surface area contributed by atoms with Crippen LogP contribution in [-0.2, 0) is 49.7 Å². The first-order valence-electron chi connectivity index (χ1n) is 25.7. The normalized spacial score (nSPS) is 14.2. The zero-order valence-electron chi connectivity index (χ0n) is 45.4. The maximum Gasteiger partial charge on any atom is 0.374 e. The van der Waals surface area contributed by atoms with E-state index in [1.807, 2.05) is 51.1 Å². The van der Waals surface area contributed by atoms with Gasteiger partial charge in [-0.2, -0.15) is 8.78 Å². The van der Waals surface area contributed by atoms with E-state index in [-0.39, 0.29) is 88.3 Å². The monoisotopic (exact) mass is 1130 g/mol. The zero-order chi connectivity index (χ0) is 59.4. The molecular weight excluding hydrogens is 1050 g/mol. The van der Waals surface area contributed by atoms with Crippen LogP contribution in [-0.4, -0.2) is 144 Å². The number of nitrogens with two attached hydrogens (primary N) is 1. The fourth-order valence-electron chi connectivity index (χ4n) is 8.17. The number of imide groups is 1. The van der Waals surface area contributed by atoms with E-state index in [4.69, 9.17) is 15.8 Å². The van der Waals surface area contributed by atoms with E-state index in [9.17, 15) is 66.5 Å². The standard InChI is InChI=1S/C51H69F2N9O10.C3H4F2O2.CH4/c1-31(2)44(59-40(64)18-11-8-14-25-61-41(65)21-22-42(61)66)49(70)56-32(3)47(68)58-38(50(71)72)17-12-13-24-55-48(69)37(54)23-26-62(43(67)30-63)45(51(4,5)6)46-57-39(35-27-34(52)19-20-36(35)53)29-60(46)28-33-15-9-7-10-16-33;1-3(4,5)2(6)7;/h7,9-10,15-16,19-22,27,29,31-32,37-38,44-45,63H,8,11-14,17-18,23-26,28,30,54H2,1-6H3,(H,55,69)(H,56,70)(H,58,68)(H,59,64)(H,71,72);1H3,(H,6,7);1H4. The number of benzene rings is 2. The van der Waals surface area contributed by atoms with E-state index in [1.165, 1.54) is 24.0 Å². The summed E-state index contributed by atoms with van der Waals surface area (Å²) in [7, 11) is 0. The Bertz CT molecular complexity index is 2620. The Morgan fingerprint density at radius 1 is 0.800 bits per heavy atom. The van der Waals surface area contributed by atoms with Crippen LogP contribution in [0.4, 0.5) is 17.6 Å². The minimum atomic E-state index is -3.58. The number of imidazole rings is 1. The number of alkyl halides is 2. The average Bonchev–Trinajstić information content (AvgIpc) is 3.93. The van der Waals surface area contributed by atoms with E-state index >= 15 is 4.39 Å². The number of halogens is 4. The van der Waals surface area contributed by atoms with Crippen molar-refractivity contribution >= 4 is 53.3 Å². The summed E-state index contributed by atoms with van der Waals surface area (Å²) in [6.07, 6.45) is 6.09. The lowest BCUT2D eigenvalue weighted by Crippen LogP contribution is -2.56. The number of aliphatic hydroxyl groups excluding tert-OH is 1. The van der Waals surface area contributed by atoms with E-state index in [2.05, 4.69) is 21.3 Å². The predicted molar refractivity (Wildman–Crippen MR) is 287 cm³/mol. The van der Waals surface area contributed by atoms with Crippen molar-refractivity contribution in [3.63, 3.8) is 0 Å². The summed E-state index contributed by atoms with van der Waals surface area (Å²) in [6.45, 7) is 10.3. The molecule has 0 aliphatic carbocycles. The lowest BCUT2D eigenvalue weighted by molar-refractivity contribution is -0.162. The van der Waals surface area contributed by atoms with Gasteiger partial charge in [0.15, 0.2) is 0 Å². The van der Waals surface area contributed by atoms with Crippen LogP contribution >= 0.6 is 0 Å². The number of aromatic nitrogens is 2. The van der Waals surface area contributed by atoms with E-state index < -0.39 is 101 Å². The maximum absolute atomic E-state index is 15.1. The molecule has 4 rings (SSSR count). The van der Waals surface area contributed by atoms with Crippen LogP contribution in [0.25, 0.3) is 11.3 Å². The van der Waals surface area contributed by atoms with Crippen LogP contribution in [0.1, 0.15) is 125 Å². The molecule has 0 fully saturated rings. The molecule has 2 aromatic carbocycles. The summed E-state index contributed by atoms with van der Waals surface area (Å²) in [5.74, 6) is -12.2. The van der Waals surface area contributed by atoms with Gasteiger partial charge in [-0.3, -0.25) is 38.5 Å². The van der Waals surface area contributed by atoms with Crippen molar-refractivity contribution in [3.8, 4) is 11.3 Å². The first-order valence-corrected chi connectivity index (χ1v) is 25.7. The number of rotatable bonds is 29. The summed E-state index contributed by atoms with van der Waals surface area (Å²) < 4.78 is 53.7. The van der Waals surface area contributed by atoms with Crippen molar-refractivity contribution in [2.24, 2.45) is 17.1 Å². The number of carboxylic acids is 2. The van der Waals surface area contributed by atoms with Crippen LogP contribution in [0.2, 0.25) is 0 Å². The number of carboxylic acid groups (broad SMARTS) is 2. The Morgan fingerprint density at radius 2 is 1.43 bits per heavy atom. The average molecular weight is 1130 g/mol. The van der Waals surface area contributed by atoms with Crippen LogP contribution in [0.3, 0.4) is 0 Å². The fourth-order valence-corrected chi connectivity index (χ4v) is 8.17. The molecule has 21 nitrogen and oxygen atoms in total. The Morgan fingerprint density at radius 3 is 1.99 bits per heavy atom. The minimum Gasteiger partial charge on any atom is -0.480 e. The highest BCUT2D eigenvalue weighted by molar-refractivity contribution is 6.12. The van der Waals surface area contributed by atoms with E-state index in [1.54, 1.807) is 24.6 Å². The van der Waals surface area contributed by atoms with Crippen molar-refractivity contribution in [3.05, 3.63) is 89.9 Å². The molecule has 0 spiro atoms. The van der Waals surface area contributed by atoms with Gasteiger partial charge in [0.1, 0.15) is 42.2 Å². The van der Waals surface area contributed by atoms with Crippen molar-refractivity contribution in [2.45, 2.75) is 150 Å². The number of amides is 7. The molecule has 80 heavy (non-hydrogen) atoms. The van der Waals surface area contributed by atoms with Crippen LogP contribution in [0, 0.1) is 23.0 Å². The maximum atomic E-state index is 15.1. The highest BCUT2D eigenvalue weighted by Crippen LogP contribution is 2.39. The lowest BCUT2D eigenvalue weighted by Gasteiger charge is -2.40. The van der Waals surface area contributed by atoms with Gasteiger partial charge >= 0.3 is 17.9 Å². The molecule has 1 aliphatic rings. The Hall–Kier alpha value is -7.54. The smallest absolute Gasteiger partial charge is 0.374 e. The Balaban J connectivity index is 0.00000255. The molecule has 442 valence electrons. The van der Waals surface area contributed by atoms with Gasteiger partial charge in [0, 0.05) is 63.4 Å². The van der Waals surface area contributed by atoms with Crippen LogP contribution in [0.5, 0.6) is 0 Å². The summed E-state index contributed by atoms with van der Waals surface area (Å²) in [5, 5.41) is 37.9. The number of hydrogen-bond donors (Lipinski definition) is 8. The number of nitrogens with one attached hydrogen (secondary N) is 4. The summed E-state index contributed by atoms with van der Waals surface area (Å²) in [6, 6.07) is 6.91. The predicted octanol–water partition coefficient (Wildman–Crippen LogP) is 4.85. The third-order valence-electron chi connectivity index (χ3n) is 12.5. The molecule has 0 radical (unpaired) electrons. The van der Waals surface area contributed by atoms with Gasteiger partial charge in [0.2, 0.25) is 29.5 Å². The number of aliphatic hydroxyl groups is 1. The molecule has 5 unspecified atom stereocenters. The first kappa shape index (κ1) is 68.6. The molecule has 9 N–H and O–H groups in total.